The maximum Gasteiger partial charge on any atom is 0.264 e. The highest BCUT2D eigenvalue weighted by Gasteiger charge is 2.27. The first-order valence-corrected chi connectivity index (χ1v) is 12.4. The Morgan fingerprint density at radius 2 is 1.74 bits per heavy atom. The van der Waals surface area contributed by atoms with Crippen LogP contribution in [0.5, 0.6) is 5.75 Å². The van der Waals surface area contributed by atoms with E-state index in [2.05, 4.69) is 10.5 Å². The fourth-order valence-electron chi connectivity index (χ4n) is 3.12. The quantitative estimate of drug-likeness (QED) is 0.339. The van der Waals surface area contributed by atoms with E-state index in [1.807, 2.05) is 38.1 Å². The van der Waals surface area contributed by atoms with Crippen molar-refractivity contribution in [2.45, 2.75) is 25.7 Å². The van der Waals surface area contributed by atoms with E-state index in [4.69, 9.17) is 16.3 Å². The molecule has 0 atom stereocenters. The summed E-state index contributed by atoms with van der Waals surface area (Å²) in [5.74, 6) is 0.141. The number of nitrogens with zero attached hydrogens (tertiary/aromatic N) is 2. The number of benzene rings is 3. The van der Waals surface area contributed by atoms with Crippen LogP contribution in [-0.2, 0) is 14.8 Å². The Balaban J connectivity index is 1.82. The summed E-state index contributed by atoms with van der Waals surface area (Å²) >= 11 is 6.09. The number of carbonyl (C=O) groups excluding carboxylic acids is 1. The summed E-state index contributed by atoms with van der Waals surface area (Å²) in [6.07, 6.45) is 0. The lowest BCUT2D eigenvalue weighted by atomic mass is 10.1. The van der Waals surface area contributed by atoms with Gasteiger partial charge >= 0.3 is 0 Å². The van der Waals surface area contributed by atoms with Crippen molar-refractivity contribution in [1.29, 1.82) is 0 Å². The van der Waals surface area contributed by atoms with Crippen molar-refractivity contribution in [3.8, 4) is 5.75 Å². The largest absolute Gasteiger partial charge is 0.494 e. The number of hydrogen-bond acceptors (Lipinski definition) is 5. The summed E-state index contributed by atoms with van der Waals surface area (Å²) in [6.45, 7) is 5.60. The molecule has 0 fully saturated rings. The van der Waals surface area contributed by atoms with Crippen LogP contribution in [0.1, 0.15) is 25.0 Å². The summed E-state index contributed by atoms with van der Waals surface area (Å²) < 4.78 is 33.2. The highest BCUT2D eigenvalue weighted by molar-refractivity contribution is 7.92. The molecule has 0 bridgehead atoms. The van der Waals surface area contributed by atoms with Crippen molar-refractivity contribution in [3.05, 3.63) is 88.9 Å². The van der Waals surface area contributed by atoms with Gasteiger partial charge in [0, 0.05) is 5.02 Å². The Bertz CT molecular complexity index is 1270. The van der Waals surface area contributed by atoms with Crippen LogP contribution in [0.3, 0.4) is 0 Å². The van der Waals surface area contributed by atoms with Gasteiger partial charge in [-0.2, -0.15) is 5.10 Å². The van der Waals surface area contributed by atoms with Gasteiger partial charge in [0.15, 0.2) is 0 Å². The Hall–Kier alpha value is -3.36. The molecule has 3 aromatic carbocycles. The molecule has 0 radical (unpaired) electrons. The molecule has 0 aromatic heterocycles. The van der Waals surface area contributed by atoms with Gasteiger partial charge in [0.05, 0.1) is 22.9 Å². The van der Waals surface area contributed by atoms with Gasteiger partial charge in [0.2, 0.25) is 0 Å². The molecule has 0 spiro atoms. The molecular weight excluding hydrogens is 474 g/mol. The minimum atomic E-state index is -4.03. The van der Waals surface area contributed by atoms with E-state index in [-0.39, 0.29) is 10.6 Å². The highest BCUT2D eigenvalue weighted by Crippen LogP contribution is 2.26. The molecule has 178 valence electrons. The minimum Gasteiger partial charge on any atom is -0.494 e. The Morgan fingerprint density at radius 1 is 1.06 bits per heavy atom. The molecule has 34 heavy (non-hydrogen) atoms. The SMILES string of the molecule is CCOc1ccc(/C(C)=N\NC(=O)CN(c2cccc(Cl)c2)S(=O)(=O)c2ccc(C)cc2)cc1. The second-order valence-electron chi connectivity index (χ2n) is 7.49. The number of nitrogens with one attached hydrogen (secondary N) is 1. The number of ether oxygens (including phenoxy) is 1. The first kappa shape index (κ1) is 25.3. The van der Waals surface area contributed by atoms with Crippen LogP contribution in [0.2, 0.25) is 5.02 Å². The van der Waals surface area contributed by atoms with Crippen LogP contribution in [0.15, 0.2) is 82.8 Å². The number of carbonyl (C=O) groups is 1. The van der Waals surface area contributed by atoms with Crippen molar-refractivity contribution >= 4 is 38.9 Å². The van der Waals surface area contributed by atoms with E-state index in [0.29, 0.717) is 17.3 Å². The van der Waals surface area contributed by atoms with Gasteiger partial charge in [0.1, 0.15) is 12.3 Å². The van der Waals surface area contributed by atoms with Crippen LogP contribution >= 0.6 is 11.6 Å². The fourth-order valence-corrected chi connectivity index (χ4v) is 4.72. The molecule has 1 amide bonds. The molecule has 1 N–H and O–H groups in total. The van der Waals surface area contributed by atoms with E-state index in [9.17, 15) is 13.2 Å². The molecule has 0 unspecified atom stereocenters. The number of amides is 1. The lowest BCUT2D eigenvalue weighted by Gasteiger charge is -2.24. The predicted octanol–water partition coefficient (Wildman–Crippen LogP) is 4.78. The lowest BCUT2D eigenvalue weighted by molar-refractivity contribution is -0.119. The van der Waals surface area contributed by atoms with Gasteiger partial charge in [-0.05, 0) is 80.9 Å². The van der Waals surface area contributed by atoms with Crippen LogP contribution in [0, 0.1) is 6.92 Å². The Kier molecular flexibility index (Phi) is 8.31. The third-order valence-electron chi connectivity index (χ3n) is 4.92. The number of hydrazone groups is 1. The fraction of sp³-hybridized carbons (Fsp3) is 0.200. The molecule has 0 aliphatic carbocycles. The normalized spacial score (nSPS) is 11.7. The maximum absolute atomic E-state index is 13.4. The summed E-state index contributed by atoms with van der Waals surface area (Å²) in [7, 11) is -4.03. The molecule has 9 heteroatoms. The first-order chi connectivity index (χ1) is 16.2. The molecule has 7 nitrogen and oxygen atoms in total. The summed E-state index contributed by atoms with van der Waals surface area (Å²) in [5.41, 5.74) is 5.00. The van der Waals surface area contributed by atoms with E-state index in [0.717, 1.165) is 21.2 Å². The second kappa shape index (κ2) is 11.2. The van der Waals surface area contributed by atoms with Gasteiger partial charge in [-0.1, -0.05) is 35.4 Å². The summed E-state index contributed by atoms with van der Waals surface area (Å²) in [4.78, 5) is 12.8. The van der Waals surface area contributed by atoms with Gasteiger partial charge < -0.3 is 4.74 Å². The standard InChI is InChI=1S/C25H26ClN3O4S/c1-4-33-23-12-10-20(11-13-23)19(3)27-28-25(30)17-29(22-7-5-6-21(26)16-22)34(31,32)24-14-8-18(2)9-15-24/h5-16H,4,17H2,1-3H3,(H,28,30)/b27-19-. The third kappa shape index (κ3) is 6.36. The van der Waals surface area contributed by atoms with Crippen LogP contribution in [0.4, 0.5) is 5.69 Å². The maximum atomic E-state index is 13.4. The molecule has 3 rings (SSSR count). The van der Waals surface area contributed by atoms with Gasteiger partial charge in [-0.3, -0.25) is 9.10 Å². The number of sulfonamides is 1. The zero-order valence-corrected chi connectivity index (χ0v) is 20.7. The van der Waals surface area contributed by atoms with E-state index >= 15 is 0 Å². The van der Waals surface area contributed by atoms with E-state index in [1.54, 1.807) is 37.3 Å². The van der Waals surface area contributed by atoms with Crippen molar-refractivity contribution in [3.63, 3.8) is 0 Å². The molecular formula is C25H26ClN3O4S. The average Bonchev–Trinajstić information content (AvgIpc) is 2.82. The third-order valence-corrected chi connectivity index (χ3v) is 6.95. The topological polar surface area (TPSA) is 88.1 Å². The minimum absolute atomic E-state index is 0.0694. The van der Waals surface area contributed by atoms with Crippen molar-refractivity contribution in [1.82, 2.24) is 5.43 Å². The molecule has 3 aromatic rings. The summed E-state index contributed by atoms with van der Waals surface area (Å²) in [5, 5.41) is 4.48. The predicted molar refractivity (Wildman–Crippen MR) is 135 cm³/mol. The molecule has 0 aliphatic rings. The number of halogens is 1. The van der Waals surface area contributed by atoms with Gasteiger partial charge in [0.25, 0.3) is 15.9 Å². The van der Waals surface area contributed by atoms with Crippen molar-refractivity contribution < 1.29 is 17.9 Å². The zero-order valence-electron chi connectivity index (χ0n) is 19.2. The first-order valence-electron chi connectivity index (χ1n) is 10.6. The lowest BCUT2D eigenvalue weighted by Crippen LogP contribution is -2.39. The van der Waals surface area contributed by atoms with E-state index < -0.39 is 22.5 Å². The average molecular weight is 500 g/mol. The molecule has 0 saturated heterocycles. The number of hydrogen-bond donors (Lipinski definition) is 1. The Labute approximate surface area is 205 Å². The smallest absolute Gasteiger partial charge is 0.264 e. The van der Waals surface area contributed by atoms with Crippen LogP contribution in [0.25, 0.3) is 0 Å². The van der Waals surface area contributed by atoms with Gasteiger partial charge in [-0.25, -0.2) is 13.8 Å². The molecule has 0 heterocycles. The van der Waals surface area contributed by atoms with E-state index in [1.165, 1.54) is 18.2 Å². The Morgan fingerprint density at radius 3 is 2.35 bits per heavy atom. The number of anilines is 1. The summed E-state index contributed by atoms with van der Waals surface area (Å²) in [6, 6.07) is 20.0. The van der Waals surface area contributed by atoms with Crippen molar-refractivity contribution in [2.24, 2.45) is 5.10 Å². The van der Waals surface area contributed by atoms with Gasteiger partial charge in [-0.15, -0.1) is 0 Å². The van der Waals surface area contributed by atoms with Crippen LogP contribution < -0.4 is 14.5 Å². The number of rotatable bonds is 9. The monoisotopic (exact) mass is 499 g/mol. The number of aryl methyl sites for hydroxylation is 1. The molecule has 0 saturated carbocycles. The van der Waals surface area contributed by atoms with Crippen LogP contribution in [-0.4, -0.2) is 33.2 Å². The second-order valence-corrected chi connectivity index (χ2v) is 9.79. The zero-order chi connectivity index (χ0) is 24.7. The molecule has 0 aliphatic heterocycles. The highest BCUT2D eigenvalue weighted by atomic mass is 35.5. The van der Waals surface area contributed by atoms with Crippen molar-refractivity contribution in [2.75, 3.05) is 17.5 Å².